The highest BCUT2D eigenvalue weighted by atomic mass is 32.2. The summed E-state index contributed by atoms with van der Waals surface area (Å²) in [6.45, 7) is 1.07. The molecule has 26 heavy (non-hydrogen) atoms. The summed E-state index contributed by atoms with van der Waals surface area (Å²) in [6, 6.07) is 3.88. The normalized spacial score (nSPS) is 17.4. The number of halogens is 3. The SMILES string of the molecule is O=C(CSc1nc(-c2ccco2)cc(C(F)(F)F)n1)NC[C@H]1CCCO1. The smallest absolute Gasteiger partial charge is 0.433 e. The summed E-state index contributed by atoms with van der Waals surface area (Å²) in [7, 11) is 0. The molecule has 1 saturated heterocycles. The first-order valence-corrected chi connectivity index (χ1v) is 8.91. The fourth-order valence-corrected chi connectivity index (χ4v) is 3.09. The number of amides is 1. The number of nitrogens with one attached hydrogen (secondary N) is 1. The Morgan fingerprint density at radius 1 is 1.38 bits per heavy atom. The van der Waals surface area contributed by atoms with Crippen LogP contribution in [0, 0.1) is 0 Å². The van der Waals surface area contributed by atoms with Crippen LogP contribution in [0.15, 0.2) is 34.0 Å². The molecule has 3 heterocycles. The zero-order chi connectivity index (χ0) is 18.6. The van der Waals surface area contributed by atoms with E-state index < -0.39 is 11.9 Å². The number of furan rings is 1. The highest BCUT2D eigenvalue weighted by molar-refractivity contribution is 7.99. The zero-order valence-corrected chi connectivity index (χ0v) is 14.4. The van der Waals surface area contributed by atoms with Crippen LogP contribution in [0.4, 0.5) is 13.2 Å². The minimum Gasteiger partial charge on any atom is -0.463 e. The van der Waals surface area contributed by atoms with Gasteiger partial charge in [0.2, 0.25) is 5.91 Å². The molecule has 1 aliphatic heterocycles. The van der Waals surface area contributed by atoms with Gasteiger partial charge in [0.1, 0.15) is 11.4 Å². The molecule has 1 N–H and O–H groups in total. The van der Waals surface area contributed by atoms with Crippen LogP contribution < -0.4 is 5.32 Å². The first-order valence-electron chi connectivity index (χ1n) is 7.93. The molecule has 0 bridgehead atoms. The van der Waals surface area contributed by atoms with E-state index in [1.165, 1.54) is 12.3 Å². The zero-order valence-electron chi connectivity index (χ0n) is 13.6. The first kappa shape index (κ1) is 18.7. The summed E-state index contributed by atoms with van der Waals surface area (Å²) in [4.78, 5) is 19.4. The van der Waals surface area contributed by atoms with E-state index in [0.717, 1.165) is 30.7 Å². The van der Waals surface area contributed by atoms with E-state index in [-0.39, 0.29) is 34.4 Å². The molecule has 1 aliphatic rings. The Bertz CT molecular complexity index is 747. The molecule has 2 aromatic heterocycles. The van der Waals surface area contributed by atoms with Gasteiger partial charge >= 0.3 is 6.18 Å². The van der Waals surface area contributed by atoms with Crippen molar-refractivity contribution in [2.45, 2.75) is 30.3 Å². The summed E-state index contributed by atoms with van der Waals surface area (Å²) in [5, 5.41) is 2.56. The number of ether oxygens (including phenoxy) is 1. The van der Waals surface area contributed by atoms with E-state index in [2.05, 4.69) is 15.3 Å². The molecule has 1 amide bonds. The Balaban J connectivity index is 1.66. The van der Waals surface area contributed by atoms with Crippen LogP contribution in [-0.4, -0.2) is 40.9 Å². The van der Waals surface area contributed by atoms with Crippen LogP contribution >= 0.6 is 11.8 Å². The summed E-state index contributed by atoms with van der Waals surface area (Å²) < 4.78 is 49.7. The topological polar surface area (TPSA) is 77.2 Å². The third-order valence-electron chi connectivity index (χ3n) is 3.65. The number of rotatable bonds is 6. The predicted octanol–water partition coefficient (Wildman–Crippen LogP) is 3.14. The van der Waals surface area contributed by atoms with Gasteiger partial charge in [-0.3, -0.25) is 4.79 Å². The minimum atomic E-state index is -4.62. The van der Waals surface area contributed by atoms with Crippen molar-refractivity contribution >= 4 is 17.7 Å². The van der Waals surface area contributed by atoms with Crippen molar-refractivity contribution < 1.29 is 27.1 Å². The molecule has 0 aromatic carbocycles. The number of aromatic nitrogens is 2. The quantitative estimate of drug-likeness (QED) is 0.606. The fourth-order valence-electron chi connectivity index (χ4n) is 2.40. The third kappa shape index (κ3) is 4.98. The molecule has 10 heteroatoms. The average molecular weight is 387 g/mol. The van der Waals surface area contributed by atoms with Crippen LogP contribution in [0.3, 0.4) is 0 Å². The first-order chi connectivity index (χ1) is 12.4. The third-order valence-corrected chi connectivity index (χ3v) is 4.50. The van der Waals surface area contributed by atoms with Gasteiger partial charge < -0.3 is 14.5 Å². The number of hydrogen-bond acceptors (Lipinski definition) is 6. The van der Waals surface area contributed by atoms with Crippen molar-refractivity contribution in [3.8, 4) is 11.5 Å². The van der Waals surface area contributed by atoms with Crippen LogP contribution in [-0.2, 0) is 15.7 Å². The number of nitrogens with zero attached hydrogens (tertiary/aromatic N) is 2. The maximum Gasteiger partial charge on any atom is 0.433 e. The molecule has 2 aromatic rings. The van der Waals surface area contributed by atoms with Gasteiger partial charge in [-0.2, -0.15) is 13.2 Å². The standard InChI is InChI=1S/C16H16F3N3O3S/c17-16(18,19)13-7-11(12-4-2-6-25-12)21-15(22-13)26-9-14(23)20-8-10-3-1-5-24-10/h2,4,6-7,10H,1,3,5,8-9H2,(H,20,23)/t10-/m1/s1. The van der Waals surface area contributed by atoms with Crippen molar-refractivity contribution in [1.29, 1.82) is 0 Å². The molecule has 0 aliphatic carbocycles. The number of thioether (sulfide) groups is 1. The number of carbonyl (C=O) groups excluding carboxylic acids is 1. The monoisotopic (exact) mass is 387 g/mol. The molecule has 1 atom stereocenters. The lowest BCUT2D eigenvalue weighted by Gasteiger charge is -2.11. The van der Waals surface area contributed by atoms with Crippen molar-refractivity contribution in [3.05, 3.63) is 30.2 Å². The van der Waals surface area contributed by atoms with E-state index in [1.54, 1.807) is 6.07 Å². The Morgan fingerprint density at radius 2 is 2.23 bits per heavy atom. The van der Waals surface area contributed by atoms with Crippen LogP contribution in [0.25, 0.3) is 11.5 Å². The van der Waals surface area contributed by atoms with Crippen LogP contribution in [0.2, 0.25) is 0 Å². The van der Waals surface area contributed by atoms with Gasteiger partial charge in [0, 0.05) is 13.2 Å². The summed E-state index contributed by atoms with van der Waals surface area (Å²) in [5.41, 5.74) is -1.07. The lowest BCUT2D eigenvalue weighted by atomic mass is 10.2. The predicted molar refractivity (Wildman–Crippen MR) is 87.4 cm³/mol. The maximum absolute atomic E-state index is 13.1. The van der Waals surface area contributed by atoms with Gasteiger partial charge in [0.25, 0.3) is 0 Å². The number of alkyl halides is 3. The van der Waals surface area contributed by atoms with Gasteiger partial charge in [-0.25, -0.2) is 9.97 Å². The van der Waals surface area contributed by atoms with Crippen molar-refractivity contribution in [2.75, 3.05) is 18.9 Å². The van der Waals surface area contributed by atoms with E-state index in [4.69, 9.17) is 9.15 Å². The van der Waals surface area contributed by atoms with Gasteiger partial charge in [0.15, 0.2) is 10.9 Å². The lowest BCUT2D eigenvalue weighted by molar-refractivity contribution is -0.141. The highest BCUT2D eigenvalue weighted by Crippen LogP contribution is 2.32. The Morgan fingerprint density at radius 3 is 2.88 bits per heavy atom. The largest absolute Gasteiger partial charge is 0.463 e. The van der Waals surface area contributed by atoms with E-state index in [1.807, 2.05) is 0 Å². The molecule has 1 fully saturated rings. The molecule has 0 saturated carbocycles. The highest BCUT2D eigenvalue weighted by Gasteiger charge is 2.34. The summed E-state index contributed by atoms with van der Waals surface area (Å²) in [6.07, 6.45) is -1.43. The Kier molecular flexibility index (Phi) is 5.82. The second-order valence-corrected chi connectivity index (χ2v) is 6.57. The second-order valence-electron chi connectivity index (χ2n) is 5.62. The molecular formula is C16H16F3N3O3S. The molecule has 140 valence electrons. The van der Waals surface area contributed by atoms with Crippen LogP contribution in [0.5, 0.6) is 0 Å². The summed E-state index contributed by atoms with van der Waals surface area (Å²) >= 11 is 0.836. The Hall–Kier alpha value is -2.07. The van der Waals surface area contributed by atoms with E-state index >= 15 is 0 Å². The van der Waals surface area contributed by atoms with Gasteiger partial charge in [0.05, 0.1) is 18.1 Å². The van der Waals surface area contributed by atoms with Gasteiger partial charge in [-0.05, 0) is 31.0 Å². The maximum atomic E-state index is 13.1. The van der Waals surface area contributed by atoms with Crippen molar-refractivity contribution in [1.82, 2.24) is 15.3 Å². The summed E-state index contributed by atoms with van der Waals surface area (Å²) in [5.74, 6) is -0.209. The van der Waals surface area contributed by atoms with E-state index in [0.29, 0.717) is 13.2 Å². The molecule has 0 unspecified atom stereocenters. The molecule has 0 radical (unpaired) electrons. The Labute approximate surface area is 151 Å². The molecule has 6 nitrogen and oxygen atoms in total. The minimum absolute atomic E-state index is 0.000637. The number of carbonyl (C=O) groups is 1. The lowest BCUT2D eigenvalue weighted by Crippen LogP contribution is -2.32. The van der Waals surface area contributed by atoms with Crippen molar-refractivity contribution in [2.24, 2.45) is 0 Å². The second kappa shape index (κ2) is 8.09. The van der Waals surface area contributed by atoms with Gasteiger partial charge in [-0.15, -0.1) is 0 Å². The van der Waals surface area contributed by atoms with Crippen LogP contribution in [0.1, 0.15) is 18.5 Å². The molecular weight excluding hydrogens is 371 g/mol. The van der Waals surface area contributed by atoms with Crippen molar-refractivity contribution in [3.63, 3.8) is 0 Å². The molecule has 3 rings (SSSR count). The molecule has 0 spiro atoms. The fraction of sp³-hybridized carbons (Fsp3) is 0.438. The van der Waals surface area contributed by atoms with Gasteiger partial charge in [-0.1, -0.05) is 11.8 Å². The van der Waals surface area contributed by atoms with E-state index in [9.17, 15) is 18.0 Å². The number of hydrogen-bond donors (Lipinski definition) is 1. The average Bonchev–Trinajstić information content (AvgIpc) is 3.30.